The van der Waals surface area contributed by atoms with Gasteiger partial charge in [0, 0.05) is 19.1 Å². The fourth-order valence-electron chi connectivity index (χ4n) is 3.22. The van der Waals surface area contributed by atoms with Gasteiger partial charge < -0.3 is 10.6 Å². The molecule has 9 heteroatoms. The number of amides is 3. The monoisotopic (exact) mass is 380 g/mol. The summed E-state index contributed by atoms with van der Waals surface area (Å²) in [5, 5.41) is 11.3. The van der Waals surface area contributed by atoms with Crippen molar-refractivity contribution in [3.05, 3.63) is 0 Å². The molecule has 1 aliphatic heterocycles. The number of urea groups is 1. The highest BCUT2D eigenvalue weighted by Gasteiger charge is 2.35. The van der Waals surface area contributed by atoms with Crippen LogP contribution in [0.4, 0.5) is 10.7 Å². The Kier molecular flexibility index (Phi) is 5.74. The Morgan fingerprint density at radius 1 is 1.19 bits per heavy atom. The van der Waals surface area contributed by atoms with Crippen molar-refractivity contribution in [3.8, 4) is 0 Å². The number of aromatic nitrogens is 3. The van der Waals surface area contributed by atoms with Gasteiger partial charge in [-0.2, -0.15) is 0 Å². The molecule has 2 fully saturated rings. The number of hydrogen-bond donors (Lipinski definition) is 2. The van der Waals surface area contributed by atoms with Gasteiger partial charge in [0.05, 0.1) is 5.25 Å². The highest BCUT2D eigenvalue weighted by Crippen LogP contribution is 2.42. The third-order valence-corrected chi connectivity index (χ3v) is 6.47. The fraction of sp³-hybridized carbons (Fsp3) is 0.765. The number of nitrogens with zero attached hydrogens (tertiary/aromatic N) is 4. The van der Waals surface area contributed by atoms with Crippen LogP contribution in [-0.2, 0) is 4.79 Å². The maximum atomic E-state index is 12.3. The fourth-order valence-corrected chi connectivity index (χ4v) is 4.32. The van der Waals surface area contributed by atoms with Crippen LogP contribution in [0.15, 0.2) is 5.16 Å². The average Bonchev–Trinajstić information content (AvgIpc) is 3.32. The van der Waals surface area contributed by atoms with E-state index < -0.39 is 11.3 Å². The lowest BCUT2D eigenvalue weighted by atomic mass is 10.00. The van der Waals surface area contributed by atoms with E-state index in [1.54, 1.807) is 0 Å². The van der Waals surface area contributed by atoms with E-state index in [2.05, 4.69) is 31.9 Å². The number of imide groups is 1. The summed E-state index contributed by atoms with van der Waals surface area (Å²) in [4.78, 5) is 25.7. The zero-order chi connectivity index (χ0) is 18.8. The number of nitrogens with two attached hydrogens (primary N) is 1. The highest BCUT2D eigenvalue weighted by atomic mass is 32.2. The molecule has 8 nitrogen and oxygen atoms in total. The van der Waals surface area contributed by atoms with Crippen molar-refractivity contribution < 1.29 is 9.59 Å². The van der Waals surface area contributed by atoms with E-state index >= 15 is 0 Å². The van der Waals surface area contributed by atoms with E-state index in [0.29, 0.717) is 6.04 Å². The van der Waals surface area contributed by atoms with Crippen molar-refractivity contribution in [2.75, 3.05) is 18.0 Å². The third kappa shape index (κ3) is 4.31. The summed E-state index contributed by atoms with van der Waals surface area (Å²) in [7, 11) is 0. The molecular weight excluding hydrogens is 352 g/mol. The van der Waals surface area contributed by atoms with Crippen LogP contribution >= 0.6 is 11.8 Å². The van der Waals surface area contributed by atoms with Gasteiger partial charge in [0.1, 0.15) is 0 Å². The molecule has 144 valence electrons. The van der Waals surface area contributed by atoms with Crippen LogP contribution in [0.25, 0.3) is 0 Å². The molecule has 1 aromatic heterocycles. The van der Waals surface area contributed by atoms with E-state index in [1.165, 1.54) is 11.8 Å². The van der Waals surface area contributed by atoms with Crippen LogP contribution in [-0.4, -0.2) is 45.0 Å². The number of nitrogens with one attached hydrogen (secondary N) is 1. The summed E-state index contributed by atoms with van der Waals surface area (Å²) in [5.41, 5.74) is 5.11. The van der Waals surface area contributed by atoms with Gasteiger partial charge >= 0.3 is 6.03 Å². The van der Waals surface area contributed by atoms with E-state index in [9.17, 15) is 9.59 Å². The number of primary amides is 1. The first kappa shape index (κ1) is 19.0. The largest absolute Gasteiger partial charge is 0.351 e. The molecule has 1 atom stereocenters. The van der Waals surface area contributed by atoms with Crippen molar-refractivity contribution in [3.63, 3.8) is 0 Å². The SMILES string of the molecule is CC1CCN(c2nnc(S[C@@H](C(=O)NC(N)=O)C(C)C)n2C2CC2)CC1. The molecule has 1 saturated heterocycles. The van der Waals surface area contributed by atoms with Gasteiger partial charge in [-0.1, -0.05) is 32.5 Å². The molecule has 1 aliphatic carbocycles. The lowest BCUT2D eigenvalue weighted by molar-refractivity contribution is -0.120. The van der Waals surface area contributed by atoms with Crippen LogP contribution in [0.2, 0.25) is 0 Å². The minimum absolute atomic E-state index is 0.0305. The molecule has 0 spiro atoms. The van der Waals surface area contributed by atoms with Gasteiger partial charge in [-0.05, 0) is 37.5 Å². The Morgan fingerprint density at radius 2 is 1.85 bits per heavy atom. The Morgan fingerprint density at radius 3 is 2.38 bits per heavy atom. The second-order valence-electron chi connectivity index (χ2n) is 7.69. The molecule has 0 bridgehead atoms. The van der Waals surface area contributed by atoms with Gasteiger partial charge in [-0.25, -0.2) is 4.79 Å². The van der Waals surface area contributed by atoms with Crippen LogP contribution in [0.1, 0.15) is 52.5 Å². The first-order valence-electron chi connectivity index (χ1n) is 9.33. The van der Waals surface area contributed by atoms with Crippen molar-refractivity contribution in [2.24, 2.45) is 17.6 Å². The van der Waals surface area contributed by atoms with Crippen molar-refractivity contribution in [1.82, 2.24) is 20.1 Å². The van der Waals surface area contributed by atoms with Crippen molar-refractivity contribution in [1.29, 1.82) is 0 Å². The topological polar surface area (TPSA) is 106 Å². The molecule has 1 aromatic rings. The van der Waals surface area contributed by atoms with Gasteiger partial charge in [-0.3, -0.25) is 14.7 Å². The predicted molar refractivity (Wildman–Crippen MR) is 101 cm³/mol. The number of carbonyl (C=O) groups excluding carboxylic acids is 2. The van der Waals surface area contributed by atoms with E-state index in [4.69, 9.17) is 5.73 Å². The molecule has 0 radical (unpaired) electrons. The first-order chi connectivity index (χ1) is 12.4. The first-order valence-corrected chi connectivity index (χ1v) is 10.2. The standard InChI is InChI=1S/C17H28N6O2S/c1-10(2)13(14(24)19-15(18)25)26-17-21-20-16(23(17)12-4-5-12)22-8-6-11(3)7-9-22/h10-13H,4-9H2,1-3H3,(H3,18,19,24,25)/t13-/m1/s1. The van der Waals surface area contributed by atoms with E-state index in [1.807, 2.05) is 13.8 Å². The Balaban J connectivity index is 1.81. The summed E-state index contributed by atoms with van der Waals surface area (Å²) in [6.07, 6.45) is 4.55. The summed E-state index contributed by atoms with van der Waals surface area (Å²) in [5.74, 6) is 1.32. The number of rotatable bonds is 6. The molecule has 0 aromatic carbocycles. The molecular formula is C17H28N6O2S. The van der Waals surface area contributed by atoms with Gasteiger partial charge in [-0.15, -0.1) is 10.2 Å². The third-order valence-electron chi connectivity index (χ3n) is 4.97. The van der Waals surface area contributed by atoms with Crippen LogP contribution in [0.3, 0.4) is 0 Å². The lowest BCUT2D eigenvalue weighted by Crippen LogP contribution is -2.42. The zero-order valence-corrected chi connectivity index (χ0v) is 16.5. The Bertz CT molecular complexity index is 664. The number of hydrogen-bond acceptors (Lipinski definition) is 6. The summed E-state index contributed by atoms with van der Waals surface area (Å²) in [6.45, 7) is 8.17. The second-order valence-corrected chi connectivity index (χ2v) is 8.80. The number of anilines is 1. The quantitative estimate of drug-likeness (QED) is 0.733. The molecule has 2 heterocycles. The molecule has 2 aliphatic rings. The normalized spacial score (nSPS) is 19.6. The number of carbonyl (C=O) groups is 2. The van der Waals surface area contributed by atoms with Crippen LogP contribution < -0.4 is 16.0 Å². The van der Waals surface area contributed by atoms with Crippen molar-refractivity contribution in [2.45, 2.75) is 62.9 Å². The summed E-state index contributed by atoms with van der Waals surface area (Å²) < 4.78 is 2.19. The number of thioether (sulfide) groups is 1. The maximum Gasteiger partial charge on any atom is 0.318 e. The average molecular weight is 381 g/mol. The second kappa shape index (κ2) is 7.85. The van der Waals surface area contributed by atoms with E-state index in [-0.39, 0.29) is 11.8 Å². The minimum Gasteiger partial charge on any atom is -0.351 e. The van der Waals surface area contributed by atoms with Gasteiger partial charge in [0.2, 0.25) is 11.9 Å². The maximum absolute atomic E-state index is 12.3. The molecule has 3 amide bonds. The van der Waals surface area contributed by atoms with Gasteiger partial charge in [0.25, 0.3) is 0 Å². The lowest BCUT2D eigenvalue weighted by Gasteiger charge is -2.31. The zero-order valence-electron chi connectivity index (χ0n) is 15.6. The molecule has 0 unspecified atom stereocenters. The Labute approximate surface area is 158 Å². The molecule has 26 heavy (non-hydrogen) atoms. The highest BCUT2D eigenvalue weighted by molar-refractivity contribution is 8.00. The van der Waals surface area contributed by atoms with Gasteiger partial charge in [0.15, 0.2) is 5.16 Å². The number of piperidine rings is 1. The molecule has 1 saturated carbocycles. The summed E-state index contributed by atoms with van der Waals surface area (Å²) in [6, 6.07) is -0.415. The van der Waals surface area contributed by atoms with Crippen LogP contribution in [0, 0.1) is 11.8 Å². The van der Waals surface area contributed by atoms with E-state index in [0.717, 1.165) is 55.8 Å². The summed E-state index contributed by atoms with van der Waals surface area (Å²) >= 11 is 1.37. The van der Waals surface area contributed by atoms with Crippen molar-refractivity contribution >= 4 is 29.6 Å². The molecule has 3 N–H and O–H groups in total. The smallest absolute Gasteiger partial charge is 0.318 e. The Hall–Kier alpha value is -1.77. The predicted octanol–water partition coefficient (Wildman–Crippen LogP) is 2.16. The van der Waals surface area contributed by atoms with Crippen LogP contribution in [0.5, 0.6) is 0 Å². The minimum atomic E-state index is -0.826. The molecule has 3 rings (SSSR count).